The van der Waals surface area contributed by atoms with Crippen LogP contribution >= 0.6 is 39.1 Å². The second-order valence-corrected chi connectivity index (χ2v) is 9.18. The molecule has 0 aromatic heterocycles. The number of halogens is 3. The molecule has 0 heterocycles. The first-order chi connectivity index (χ1) is 17.3. The number of nitriles is 1. The fourth-order valence-corrected chi connectivity index (χ4v) is 4.06. The largest absolute Gasteiger partial charge is 0.497 e. The zero-order chi connectivity index (χ0) is 26.1. The molecular formula is C27H23BrCl2N2O4. The van der Waals surface area contributed by atoms with Crippen molar-refractivity contribution in [3.63, 3.8) is 0 Å². The Kier molecular flexibility index (Phi) is 10.1. The lowest BCUT2D eigenvalue weighted by Crippen LogP contribution is -2.23. The Morgan fingerprint density at radius 1 is 1.08 bits per heavy atom. The monoisotopic (exact) mass is 588 g/mol. The summed E-state index contributed by atoms with van der Waals surface area (Å²) in [7, 11) is 1.59. The van der Waals surface area contributed by atoms with Crippen molar-refractivity contribution in [2.24, 2.45) is 0 Å². The molecule has 0 spiro atoms. The van der Waals surface area contributed by atoms with E-state index in [1.54, 1.807) is 49.6 Å². The Bertz CT molecular complexity index is 1300. The van der Waals surface area contributed by atoms with Gasteiger partial charge in [0.15, 0.2) is 11.5 Å². The van der Waals surface area contributed by atoms with Crippen molar-refractivity contribution in [1.82, 2.24) is 5.32 Å². The summed E-state index contributed by atoms with van der Waals surface area (Å²) in [6, 6.07) is 17.9. The van der Waals surface area contributed by atoms with Crippen LogP contribution in [0.25, 0.3) is 6.08 Å². The van der Waals surface area contributed by atoms with Gasteiger partial charge in [-0.3, -0.25) is 4.79 Å². The minimum Gasteiger partial charge on any atom is -0.497 e. The molecule has 3 aromatic carbocycles. The van der Waals surface area contributed by atoms with Gasteiger partial charge < -0.3 is 19.5 Å². The van der Waals surface area contributed by atoms with Gasteiger partial charge in [-0.05, 0) is 60.5 Å². The minimum atomic E-state index is -0.490. The summed E-state index contributed by atoms with van der Waals surface area (Å²) in [5.74, 6) is 1.18. The van der Waals surface area contributed by atoms with Gasteiger partial charge in [0.1, 0.15) is 24.0 Å². The number of nitrogens with zero attached hydrogens (tertiary/aromatic N) is 1. The maximum Gasteiger partial charge on any atom is 0.262 e. The van der Waals surface area contributed by atoms with E-state index in [2.05, 4.69) is 21.2 Å². The fraction of sp³-hybridized carbons (Fsp3) is 0.185. The first-order valence-electron chi connectivity index (χ1n) is 10.9. The summed E-state index contributed by atoms with van der Waals surface area (Å²) < 4.78 is 17.5. The highest BCUT2D eigenvalue weighted by Gasteiger charge is 2.15. The van der Waals surface area contributed by atoms with Crippen LogP contribution in [0.3, 0.4) is 0 Å². The van der Waals surface area contributed by atoms with Crippen LogP contribution in [0.1, 0.15) is 23.6 Å². The fourth-order valence-electron chi connectivity index (χ4n) is 3.16. The van der Waals surface area contributed by atoms with Gasteiger partial charge in [-0.1, -0.05) is 57.3 Å². The molecule has 9 heteroatoms. The van der Waals surface area contributed by atoms with Crippen molar-refractivity contribution >= 4 is 51.1 Å². The van der Waals surface area contributed by atoms with Gasteiger partial charge in [-0.25, -0.2) is 0 Å². The predicted molar refractivity (Wildman–Crippen MR) is 145 cm³/mol. The Morgan fingerprint density at radius 2 is 1.81 bits per heavy atom. The number of nitrogens with one attached hydrogen (secondary N) is 1. The maximum atomic E-state index is 12.7. The Hall–Kier alpha value is -3.18. The third kappa shape index (κ3) is 7.41. The Balaban J connectivity index is 1.77. The molecule has 0 aliphatic rings. The first-order valence-corrected chi connectivity index (χ1v) is 12.5. The van der Waals surface area contributed by atoms with Gasteiger partial charge in [0.2, 0.25) is 0 Å². The molecule has 0 atom stereocenters. The van der Waals surface area contributed by atoms with E-state index in [0.29, 0.717) is 38.2 Å². The highest BCUT2D eigenvalue weighted by atomic mass is 79.9. The van der Waals surface area contributed by atoms with Gasteiger partial charge in [-0.15, -0.1) is 0 Å². The van der Waals surface area contributed by atoms with Crippen LogP contribution in [0.2, 0.25) is 10.0 Å². The third-order valence-corrected chi connectivity index (χ3v) is 6.31. The van der Waals surface area contributed by atoms with E-state index in [0.717, 1.165) is 16.9 Å². The van der Waals surface area contributed by atoms with Crippen molar-refractivity contribution in [2.75, 3.05) is 13.7 Å². The molecule has 0 radical (unpaired) electrons. The van der Waals surface area contributed by atoms with E-state index in [-0.39, 0.29) is 18.7 Å². The lowest BCUT2D eigenvalue weighted by atomic mass is 10.1. The Labute approximate surface area is 228 Å². The molecule has 36 heavy (non-hydrogen) atoms. The summed E-state index contributed by atoms with van der Waals surface area (Å²) in [5.41, 5.74) is 2.19. The van der Waals surface area contributed by atoms with Crippen molar-refractivity contribution in [3.05, 3.63) is 91.4 Å². The smallest absolute Gasteiger partial charge is 0.262 e. The number of amides is 1. The summed E-state index contributed by atoms with van der Waals surface area (Å²) in [6.45, 7) is 2.73. The maximum absolute atomic E-state index is 12.7. The number of hydrogen-bond acceptors (Lipinski definition) is 5. The Morgan fingerprint density at radius 3 is 2.44 bits per heavy atom. The highest BCUT2D eigenvalue weighted by molar-refractivity contribution is 9.10. The highest BCUT2D eigenvalue weighted by Crippen LogP contribution is 2.36. The molecule has 0 fully saturated rings. The molecule has 3 rings (SSSR count). The van der Waals surface area contributed by atoms with E-state index < -0.39 is 5.91 Å². The van der Waals surface area contributed by atoms with Crippen LogP contribution in [0.5, 0.6) is 17.2 Å². The summed E-state index contributed by atoms with van der Waals surface area (Å²) in [5, 5.41) is 13.4. The van der Waals surface area contributed by atoms with E-state index in [1.807, 2.05) is 25.1 Å². The summed E-state index contributed by atoms with van der Waals surface area (Å²) in [4.78, 5) is 12.7. The van der Waals surface area contributed by atoms with Crippen LogP contribution in [0.15, 0.2) is 64.6 Å². The number of benzene rings is 3. The zero-order valence-corrected chi connectivity index (χ0v) is 22.7. The molecule has 186 valence electrons. The van der Waals surface area contributed by atoms with Crippen LogP contribution in [-0.4, -0.2) is 19.6 Å². The number of carbonyl (C=O) groups excluding carboxylic acids is 1. The molecule has 1 N–H and O–H groups in total. The number of carbonyl (C=O) groups is 1. The van der Waals surface area contributed by atoms with Crippen molar-refractivity contribution in [3.8, 4) is 23.3 Å². The zero-order valence-electron chi connectivity index (χ0n) is 19.6. The number of methoxy groups -OCH3 is 1. The van der Waals surface area contributed by atoms with Gasteiger partial charge in [0.05, 0.1) is 13.7 Å². The molecule has 0 aliphatic carbocycles. The van der Waals surface area contributed by atoms with E-state index >= 15 is 0 Å². The van der Waals surface area contributed by atoms with Crippen LogP contribution < -0.4 is 19.5 Å². The number of rotatable bonds is 10. The molecule has 6 nitrogen and oxygen atoms in total. The van der Waals surface area contributed by atoms with Crippen molar-refractivity contribution < 1.29 is 19.0 Å². The minimum absolute atomic E-state index is 0.0479. The molecule has 0 bridgehead atoms. The number of ether oxygens (including phenoxy) is 3. The lowest BCUT2D eigenvalue weighted by molar-refractivity contribution is -0.117. The SMILES string of the molecule is CCOc1cc(/C=C(/C#N)C(=O)NCc2ccc(OC)cc2)c(Br)cc1OCc1ccc(Cl)cc1Cl. The second-order valence-electron chi connectivity index (χ2n) is 7.48. The molecule has 0 unspecified atom stereocenters. The molecule has 3 aromatic rings. The van der Waals surface area contributed by atoms with Gasteiger partial charge in [0.25, 0.3) is 5.91 Å². The third-order valence-electron chi connectivity index (χ3n) is 5.04. The van der Waals surface area contributed by atoms with Crippen LogP contribution in [-0.2, 0) is 17.9 Å². The molecule has 0 saturated heterocycles. The summed E-state index contributed by atoms with van der Waals surface area (Å²) in [6.07, 6.45) is 1.50. The van der Waals surface area contributed by atoms with E-state index in [4.69, 9.17) is 37.4 Å². The standard InChI is InChI=1S/C27H23BrCl2N2O4/c1-3-35-25-11-19(23(28)13-26(25)36-16-18-6-7-21(29)12-24(18)30)10-20(14-31)27(33)32-15-17-4-8-22(34-2)9-5-17/h4-13H,3,15-16H2,1-2H3,(H,32,33)/b20-10-. The molecular weight excluding hydrogens is 567 g/mol. The van der Waals surface area contributed by atoms with Gasteiger partial charge >= 0.3 is 0 Å². The van der Waals surface area contributed by atoms with Crippen molar-refractivity contribution in [1.29, 1.82) is 5.26 Å². The lowest BCUT2D eigenvalue weighted by Gasteiger charge is -2.15. The number of hydrogen-bond donors (Lipinski definition) is 1. The molecule has 1 amide bonds. The second kappa shape index (κ2) is 13.2. The van der Waals surface area contributed by atoms with E-state index in [1.165, 1.54) is 6.08 Å². The summed E-state index contributed by atoms with van der Waals surface area (Å²) >= 11 is 15.7. The molecule has 0 aliphatic heterocycles. The normalized spacial score (nSPS) is 10.9. The predicted octanol–water partition coefficient (Wildman–Crippen LogP) is 6.97. The first kappa shape index (κ1) is 27.4. The topological polar surface area (TPSA) is 80.6 Å². The van der Waals surface area contributed by atoms with Crippen LogP contribution in [0, 0.1) is 11.3 Å². The quantitative estimate of drug-likeness (QED) is 0.204. The molecule has 0 saturated carbocycles. The van der Waals surface area contributed by atoms with Gasteiger partial charge in [0, 0.05) is 26.6 Å². The van der Waals surface area contributed by atoms with E-state index in [9.17, 15) is 10.1 Å². The van der Waals surface area contributed by atoms with Gasteiger partial charge in [-0.2, -0.15) is 5.26 Å². The van der Waals surface area contributed by atoms with Crippen LogP contribution in [0.4, 0.5) is 0 Å². The van der Waals surface area contributed by atoms with Crippen molar-refractivity contribution in [2.45, 2.75) is 20.1 Å². The average Bonchev–Trinajstić information content (AvgIpc) is 2.87. The average molecular weight is 590 g/mol.